The summed E-state index contributed by atoms with van der Waals surface area (Å²) in [6.45, 7) is 2.18. The molecule has 2 aromatic carbocycles. The number of carbonyl (C=O) groups excluding carboxylic acids is 1. The van der Waals surface area contributed by atoms with E-state index in [1.54, 1.807) is 42.5 Å². The maximum atomic E-state index is 13.0. The lowest BCUT2D eigenvalue weighted by Crippen LogP contribution is -2.47. The zero-order valence-electron chi connectivity index (χ0n) is 20.4. The Morgan fingerprint density at radius 2 is 1.84 bits per heavy atom. The van der Waals surface area contributed by atoms with Crippen LogP contribution in [0.5, 0.6) is 11.6 Å². The summed E-state index contributed by atoms with van der Waals surface area (Å²) in [7, 11) is -0.178. The van der Waals surface area contributed by atoms with E-state index in [-0.39, 0.29) is 16.7 Å². The molecule has 1 aliphatic rings. The molecule has 0 bridgehead atoms. The average Bonchev–Trinajstić information content (AvgIpc) is 3.24. The van der Waals surface area contributed by atoms with E-state index >= 15 is 0 Å². The lowest BCUT2D eigenvalue weighted by Gasteiger charge is -2.31. The van der Waals surface area contributed by atoms with Gasteiger partial charge < -0.3 is 25.0 Å². The number of aromatic nitrogens is 2. The molecule has 0 saturated carbocycles. The predicted octanol–water partition coefficient (Wildman–Crippen LogP) is 3.13. The van der Waals surface area contributed by atoms with Gasteiger partial charge in [0.25, 0.3) is 5.91 Å². The standard InChI is InChI=1S/C26H27N5O5S/c1-30-11-13-31(14-12-30)37(34,35)18-8-10-22(27-16-18)24-19-15-17(7-9-20(19)28-26(24)33)25(32)29-21-5-3-4-6-23(21)36-2/h3-10,15-16,28,33H,11-14H2,1-2H3,(H,29,32). The van der Waals surface area contributed by atoms with E-state index in [9.17, 15) is 18.3 Å². The molecule has 0 aliphatic carbocycles. The zero-order valence-corrected chi connectivity index (χ0v) is 21.2. The predicted molar refractivity (Wildman–Crippen MR) is 140 cm³/mol. The van der Waals surface area contributed by atoms with Crippen LogP contribution >= 0.6 is 0 Å². The van der Waals surface area contributed by atoms with Crippen LogP contribution in [0.15, 0.2) is 65.7 Å². The second kappa shape index (κ2) is 9.85. The summed E-state index contributed by atoms with van der Waals surface area (Å²) in [5.74, 6) is 0.0619. The molecule has 1 amide bonds. The summed E-state index contributed by atoms with van der Waals surface area (Å²) < 4.78 is 32.8. The number of aromatic amines is 1. The van der Waals surface area contributed by atoms with Crippen LogP contribution in [0.1, 0.15) is 10.4 Å². The molecule has 192 valence electrons. The number of fused-ring (bicyclic) bond motifs is 1. The number of anilines is 1. The fourth-order valence-electron chi connectivity index (χ4n) is 4.38. The van der Waals surface area contributed by atoms with Crippen LogP contribution in [-0.2, 0) is 10.0 Å². The first-order chi connectivity index (χ1) is 17.8. The van der Waals surface area contributed by atoms with Crippen LogP contribution < -0.4 is 10.1 Å². The number of aromatic hydroxyl groups is 1. The normalized spacial score (nSPS) is 15.1. The smallest absolute Gasteiger partial charge is 0.255 e. The molecule has 0 radical (unpaired) electrons. The second-order valence-electron chi connectivity index (χ2n) is 8.85. The molecule has 0 spiro atoms. The van der Waals surface area contributed by atoms with Gasteiger partial charge in [-0.15, -0.1) is 0 Å². The molecule has 1 aliphatic heterocycles. The number of methoxy groups -OCH3 is 1. The molecule has 4 aromatic rings. The maximum Gasteiger partial charge on any atom is 0.255 e. The molecular weight excluding hydrogens is 494 g/mol. The summed E-state index contributed by atoms with van der Waals surface area (Å²) in [4.78, 5) is 22.4. The van der Waals surface area contributed by atoms with Crippen LogP contribution in [0.25, 0.3) is 22.2 Å². The number of likely N-dealkylation sites (N-methyl/N-ethyl adjacent to an activating group) is 1. The summed E-state index contributed by atoms with van der Waals surface area (Å²) in [5, 5.41) is 14.1. The van der Waals surface area contributed by atoms with Gasteiger partial charge in [-0.2, -0.15) is 4.31 Å². The van der Waals surface area contributed by atoms with E-state index in [4.69, 9.17) is 4.74 Å². The minimum atomic E-state index is -3.67. The van der Waals surface area contributed by atoms with Crippen molar-refractivity contribution < 1.29 is 23.1 Å². The molecule has 2 aromatic heterocycles. The van der Waals surface area contributed by atoms with Crippen molar-refractivity contribution in [2.24, 2.45) is 0 Å². The maximum absolute atomic E-state index is 13.0. The third kappa shape index (κ3) is 4.76. The van der Waals surface area contributed by atoms with Gasteiger partial charge in [-0.05, 0) is 49.5 Å². The van der Waals surface area contributed by atoms with Crippen molar-refractivity contribution in [3.8, 4) is 22.9 Å². The Morgan fingerprint density at radius 1 is 1.08 bits per heavy atom. The monoisotopic (exact) mass is 521 g/mol. The van der Waals surface area contributed by atoms with Gasteiger partial charge in [-0.3, -0.25) is 9.78 Å². The second-order valence-corrected chi connectivity index (χ2v) is 10.8. The highest BCUT2D eigenvalue weighted by molar-refractivity contribution is 7.89. The van der Waals surface area contributed by atoms with Gasteiger partial charge in [-0.1, -0.05) is 12.1 Å². The number of nitrogens with zero attached hydrogens (tertiary/aromatic N) is 3. The fraction of sp³-hybridized carbons (Fsp3) is 0.231. The number of hydrogen-bond acceptors (Lipinski definition) is 7. The first kappa shape index (κ1) is 24.8. The van der Waals surface area contributed by atoms with E-state index < -0.39 is 10.0 Å². The Bertz CT molecular complexity index is 1560. The van der Waals surface area contributed by atoms with E-state index in [1.165, 1.54) is 23.7 Å². The number of carbonyl (C=O) groups is 1. The van der Waals surface area contributed by atoms with Crippen molar-refractivity contribution in [1.82, 2.24) is 19.2 Å². The number of pyridine rings is 1. The average molecular weight is 522 g/mol. The van der Waals surface area contributed by atoms with Crippen molar-refractivity contribution in [2.45, 2.75) is 4.90 Å². The molecule has 3 N–H and O–H groups in total. The van der Waals surface area contributed by atoms with E-state index in [1.807, 2.05) is 13.1 Å². The number of sulfonamides is 1. The first-order valence-electron chi connectivity index (χ1n) is 11.7. The van der Waals surface area contributed by atoms with Crippen LogP contribution in [-0.4, -0.2) is 78.9 Å². The number of hydrogen-bond donors (Lipinski definition) is 3. The molecule has 0 unspecified atom stereocenters. The Kier molecular flexibility index (Phi) is 6.59. The minimum Gasteiger partial charge on any atom is -0.495 e. The lowest BCUT2D eigenvalue weighted by molar-refractivity contribution is 0.102. The largest absolute Gasteiger partial charge is 0.495 e. The summed E-state index contributed by atoms with van der Waals surface area (Å²) in [6.07, 6.45) is 1.31. The Balaban J connectivity index is 1.44. The lowest BCUT2D eigenvalue weighted by atomic mass is 10.1. The van der Waals surface area contributed by atoms with Gasteiger partial charge in [0.1, 0.15) is 10.6 Å². The van der Waals surface area contributed by atoms with Gasteiger partial charge in [0, 0.05) is 48.8 Å². The summed E-state index contributed by atoms with van der Waals surface area (Å²) >= 11 is 0. The van der Waals surface area contributed by atoms with Crippen molar-refractivity contribution in [1.29, 1.82) is 0 Å². The number of benzene rings is 2. The number of ether oxygens (including phenoxy) is 1. The molecule has 10 nitrogen and oxygen atoms in total. The van der Waals surface area contributed by atoms with Gasteiger partial charge in [0.05, 0.1) is 24.1 Å². The molecule has 1 fully saturated rings. The molecule has 3 heterocycles. The minimum absolute atomic E-state index is 0.0945. The highest BCUT2D eigenvalue weighted by Crippen LogP contribution is 2.36. The van der Waals surface area contributed by atoms with E-state index in [0.29, 0.717) is 65.3 Å². The molecule has 11 heteroatoms. The highest BCUT2D eigenvalue weighted by atomic mass is 32.2. The number of rotatable bonds is 6. The molecular formula is C26H27N5O5S. The number of piperazine rings is 1. The summed E-state index contributed by atoms with van der Waals surface area (Å²) in [5.41, 5.74) is 2.27. The number of para-hydroxylation sites is 2. The van der Waals surface area contributed by atoms with Crippen molar-refractivity contribution >= 4 is 32.5 Å². The summed E-state index contributed by atoms with van der Waals surface area (Å²) in [6, 6.07) is 15.1. The van der Waals surface area contributed by atoms with Crippen molar-refractivity contribution in [3.05, 3.63) is 66.4 Å². The first-order valence-corrected chi connectivity index (χ1v) is 13.2. The molecule has 1 saturated heterocycles. The molecule has 0 atom stereocenters. The number of H-pyrrole nitrogens is 1. The topological polar surface area (TPSA) is 128 Å². The highest BCUT2D eigenvalue weighted by Gasteiger charge is 2.28. The quantitative estimate of drug-likeness (QED) is 0.356. The van der Waals surface area contributed by atoms with Crippen LogP contribution in [0.3, 0.4) is 0 Å². The van der Waals surface area contributed by atoms with E-state index in [2.05, 4.69) is 20.2 Å². The number of amides is 1. The van der Waals surface area contributed by atoms with Crippen molar-refractivity contribution in [3.63, 3.8) is 0 Å². The SMILES string of the molecule is COc1ccccc1NC(=O)c1ccc2[nH]c(O)c(-c3ccc(S(=O)(=O)N4CCN(C)CC4)cn3)c2c1. The molecule has 5 rings (SSSR count). The third-order valence-electron chi connectivity index (χ3n) is 6.49. The Morgan fingerprint density at radius 3 is 2.54 bits per heavy atom. The van der Waals surface area contributed by atoms with Gasteiger partial charge in [0.2, 0.25) is 10.0 Å². The Labute approximate surface area is 214 Å². The number of nitrogens with one attached hydrogen (secondary N) is 2. The third-order valence-corrected chi connectivity index (χ3v) is 8.37. The van der Waals surface area contributed by atoms with Crippen molar-refractivity contribution in [2.75, 3.05) is 45.7 Å². The van der Waals surface area contributed by atoms with Gasteiger partial charge in [0.15, 0.2) is 5.88 Å². The van der Waals surface area contributed by atoms with Crippen LogP contribution in [0, 0.1) is 0 Å². The molecule has 37 heavy (non-hydrogen) atoms. The van der Waals surface area contributed by atoms with E-state index in [0.717, 1.165) is 0 Å². The van der Waals surface area contributed by atoms with Gasteiger partial charge in [-0.25, -0.2) is 8.42 Å². The van der Waals surface area contributed by atoms with Gasteiger partial charge >= 0.3 is 0 Å². The van der Waals surface area contributed by atoms with Crippen LogP contribution in [0.4, 0.5) is 5.69 Å². The fourth-order valence-corrected chi connectivity index (χ4v) is 5.75. The zero-order chi connectivity index (χ0) is 26.2. The van der Waals surface area contributed by atoms with Crippen LogP contribution in [0.2, 0.25) is 0 Å². The Hall–Kier alpha value is -3.93.